The van der Waals surface area contributed by atoms with Crippen molar-refractivity contribution in [2.45, 2.75) is 18.9 Å². The van der Waals surface area contributed by atoms with Gasteiger partial charge in [0.05, 0.1) is 24.8 Å². The summed E-state index contributed by atoms with van der Waals surface area (Å²) >= 11 is 5.91. The van der Waals surface area contributed by atoms with E-state index in [1.54, 1.807) is 18.2 Å². The first-order valence-electron chi connectivity index (χ1n) is 6.19. The van der Waals surface area contributed by atoms with E-state index in [9.17, 15) is 14.4 Å². The van der Waals surface area contributed by atoms with Crippen molar-refractivity contribution in [1.29, 1.82) is 0 Å². The van der Waals surface area contributed by atoms with E-state index in [1.807, 2.05) is 0 Å². The van der Waals surface area contributed by atoms with E-state index in [1.165, 1.54) is 20.3 Å². The van der Waals surface area contributed by atoms with Gasteiger partial charge in [-0.3, -0.25) is 9.59 Å². The van der Waals surface area contributed by atoms with Crippen LogP contribution in [0.3, 0.4) is 0 Å². The number of ether oxygens (including phenoxy) is 2. The van der Waals surface area contributed by atoms with Crippen molar-refractivity contribution in [3.8, 4) is 0 Å². The highest BCUT2D eigenvalue weighted by molar-refractivity contribution is 6.33. The lowest BCUT2D eigenvalue weighted by Crippen LogP contribution is -2.42. The van der Waals surface area contributed by atoms with E-state index in [-0.39, 0.29) is 23.4 Å². The summed E-state index contributed by atoms with van der Waals surface area (Å²) in [5, 5.41) is 2.77. The highest BCUT2D eigenvalue weighted by atomic mass is 35.5. The Morgan fingerprint density at radius 1 is 1.19 bits per heavy atom. The van der Waals surface area contributed by atoms with Crippen molar-refractivity contribution in [3.63, 3.8) is 0 Å². The summed E-state index contributed by atoms with van der Waals surface area (Å²) in [7, 11) is 2.45. The lowest BCUT2D eigenvalue weighted by molar-refractivity contribution is -0.144. The van der Waals surface area contributed by atoms with Crippen LogP contribution < -0.4 is 5.32 Å². The van der Waals surface area contributed by atoms with Gasteiger partial charge in [0.2, 0.25) is 0 Å². The Hall–Kier alpha value is -2.08. The number of nitrogens with one attached hydrogen (secondary N) is 1. The van der Waals surface area contributed by atoms with Crippen LogP contribution in [0.1, 0.15) is 23.2 Å². The highest BCUT2D eigenvalue weighted by Crippen LogP contribution is 2.15. The molecule has 114 valence electrons. The molecule has 0 aliphatic heterocycles. The smallest absolute Gasteiger partial charge is 0.328 e. The van der Waals surface area contributed by atoms with Crippen LogP contribution in [0.4, 0.5) is 0 Å². The molecule has 1 aromatic rings. The first kappa shape index (κ1) is 17.0. The molecule has 0 aromatic heterocycles. The minimum Gasteiger partial charge on any atom is -0.469 e. The lowest BCUT2D eigenvalue weighted by Gasteiger charge is -2.16. The molecule has 7 heteroatoms. The second kappa shape index (κ2) is 8.26. The zero-order valence-electron chi connectivity index (χ0n) is 11.7. The summed E-state index contributed by atoms with van der Waals surface area (Å²) < 4.78 is 9.10. The average molecular weight is 314 g/mol. The molecule has 0 unspecified atom stereocenters. The first-order valence-corrected chi connectivity index (χ1v) is 6.57. The summed E-state index contributed by atoms with van der Waals surface area (Å²) in [5.74, 6) is -1.63. The Balaban J connectivity index is 2.76. The maximum absolute atomic E-state index is 12.1. The topological polar surface area (TPSA) is 81.7 Å². The third-order valence-corrected chi connectivity index (χ3v) is 3.10. The summed E-state index contributed by atoms with van der Waals surface area (Å²) in [4.78, 5) is 34.9. The van der Waals surface area contributed by atoms with Crippen LogP contribution >= 0.6 is 11.6 Å². The van der Waals surface area contributed by atoms with Gasteiger partial charge >= 0.3 is 11.9 Å². The molecule has 0 bridgehead atoms. The number of methoxy groups -OCH3 is 2. The average Bonchev–Trinajstić information content (AvgIpc) is 2.50. The molecule has 0 heterocycles. The van der Waals surface area contributed by atoms with Crippen LogP contribution in [-0.2, 0) is 19.1 Å². The van der Waals surface area contributed by atoms with Crippen LogP contribution in [0, 0.1) is 0 Å². The van der Waals surface area contributed by atoms with Gasteiger partial charge in [0, 0.05) is 6.42 Å². The molecular formula is C14H16ClNO5. The number of carbonyl (C=O) groups excluding carboxylic acids is 3. The van der Waals surface area contributed by atoms with E-state index in [0.717, 1.165) is 0 Å². The monoisotopic (exact) mass is 313 g/mol. The predicted molar refractivity (Wildman–Crippen MR) is 76.0 cm³/mol. The van der Waals surface area contributed by atoms with Crippen molar-refractivity contribution in [2.24, 2.45) is 0 Å². The van der Waals surface area contributed by atoms with Crippen LogP contribution in [0.5, 0.6) is 0 Å². The molecule has 0 aliphatic carbocycles. The zero-order valence-corrected chi connectivity index (χ0v) is 12.5. The molecule has 0 fully saturated rings. The van der Waals surface area contributed by atoms with Crippen molar-refractivity contribution in [2.75, 3.05) is 14.2 Å². The Morgan fingerprint density at radius 3 is 2.43 bits per heavy atom. The van der Waals surface area contributed by atoms with Crippen LogP contribution in [0.2, 0.25) is 5.02 Å². The number of hydrogen-bond acceptors (Lipinski definition) is 5. The number of benzene rings is 1. The van der Waals surface area contributed by atoms with E-state index in [4.69, 9.17) is 11.6 Å². The van der Waals surface area contributed by atoms with Crippen LogP contribution in [0.15, 0.2) is 24.3 Å². The van der Waals surface area contributed by atoms with Gasteiger partial charge in [-0.05, 0) is 18.6 Å². The third kappa shape index (κ3) is 5.07. The summed E-state index contributed by atoms with van der Waals surface area (Å²) in [6, 6.07) is 5.50. The predicted octanol–water partition coefficient (Wildman–Crippen LogP) is 1.56. The van der Waals surface area contributed by atoms with Gasteiger partial charge in [0.15, 0.2) is 0 Å². The lowest BCUT2D eigenvalue weighted by atomic mass is 10.1. The van der Waals surface area contributed by atoms with Gasteiger partial charge in [-0.1, -0.05) is 23.7 Å². The van der Waals surface area contributed by atoms with Gasteiger partial charge in [-0.2, -0.15) is 0 Å². The molecule has 1 aromatic carbocycles. The number of hydrogen-bond donors (Lipinski definition) is 1. The largest absolute Gasteiger partial charge is 0.469 e. The van der Waals surface area contributed by atoms with Crippen LogP contribution in [0.25, 0.3) is 0 Å². The molecule has 0 radical (unpaired) electrons. The molecule has 0 aliphatic rings. The molecule has 0 saturated heterocycles. The number of rotatable bonds is 6. The molecule has 0 saturated carbocycles. The summed E-state index contributed by atoms with van der Waals surface area (Å²) in [6.45, 7) is 0. The normalized spacial score (nSPS) is 11.4. The molecule has 1 N–H and O–H groups in total. The number of halogens is 1. The fourth-order valence-corrected chi connectivity index (χ4v) is 1.86. The molecule has 1 amide bonds. The number of amides is 1. The standard InChI is InChI=1S/C14H16ClNO5/c1-20-12(17)8-7-11(14(19)21-2)16-13(18)9-5-3-4-6-10(9)15/h3-6,11H,7-8H2,1-2H3,(H,16,18)/t11-/m1/s1. The second-order valence-corrected chi connectivity index (χ2v) is 4.55. The van der Waals surface area contributed by atoms with Crippen molar-refractivity contribution < 1.29 is 23.9 Å². The second-order valence-electron chi connectivity index (χ2n) is 4.14. The summed E-state index contributed by atoms with van der Waals surface area (Å²) in [6.07, 6.45) is 0.0641. The zero-order chi connectivity index (χ0) is 15.8. The number of esters is 2. The van der Waals surface area contributed by atoms with Gasteiger partial charge in [0.25, 0.3) is 5.91 Å². The summed E-state index contributed by atoms with van der Waals surface area (Å²) in [5.41, 5.74) is 0.242. The quantitative estimate of drug-likeness (QED) is 0.806. The van der Waals surface area contributed by atoms with Crippen molar-refractivity contribution >= 4 is 29.4 Å². The first-order chi connectivity index (χ1) is 9.99. The molecular weight excluding hydrogens is 298 g/mol. The van der Waals surface area contributed by atoms with E-state index >= 15 is 0 Å². The Labute approximate surface area is 127 Å². The molecule has 6 nitrogen and oxygen atoms in total. The minimum atomic E-state index is -0.946. The maximum atomic E-state index is 12.1. The van der Waals surface area contributed by atoms with Gasteiger partial charge in [-0.25, -0.2) is 4.79 Å². The van der Waals surface area contributed by atoms with Gasteiger partial charge in [0.1, 0.15) is 6.04 Å². The molecule has 1 rings (SSSR count). The van der Waals surface area contributed by atoms with E-state index in [2.05, 4.69) is 14.8 Å². The number of carbonyl (C=O) groups is 3. The highest BCUT2D eigenvalue weighted by Gasteiger charge is 2.24. The van der Waals surface area contributed by atoms with E-state index in [0.29, 0.717) is 0 Å². The fraction of sp³-hybridized carbons (Fsp3) is 0.357. The van der Waals surface area contributed by atoms with Gasteiger partial charge in [-0.15, -0.1) is 0 Å². The molecule has 0 spiro atoms. The SMILES string of the molecule is COC(=O)CC[C@@H](NC(=O)c1ccccc1Cl)C(=O)OC. The van der Waals surface area contributed by atoms with E-state index < -0.39 is 23.9 Å². The molecule has 1 atom stereocenters. The van der Waals surface area contributed by atoms with Crippen molar-refractivity contribution in [3.05, 3.63) is 34.9 Å². The van der Waals surface area contributed by atoms with Crippen molar-refractivity contribution in [1.82, 2.24) is 5.32 Å². The maximum Gasteiger partial charge on any atom is 0.328 e. The Kier molecular flexibility index (Phi) is 6.68. The Morgan fingerprint density at radius 2 is 1.86 bits per heavy atom. The van der Waals surface area contributed by atoms with Gasteiger partial charge < -0.3 is 14.8 Å². The van der Waals surface area contributed by atoms with Crippen LogP contribution in [-0.4, -0.2) is 38.1 Å². The fourth-order valence-electron chi connectivity index (χ4n) is 1.64. The third-order valence-electron chi connectivity index (χ3n) is 2.77. The minimum absolute atomic E-state index is 0.0148. The molecule has 21 heavy (non-hydrogen) atoms. The Bertz CT molecular complexity index is 532.